The van der Waals surface area contributed by atoms with Gasteiger partial charge in [-0.3, -0.25) is 0 Å². The number of aromatic nitrogens is 2. The van der Waals surface area contributed by atoms with Gasteiger partial charge in [0.15, 0.2) is 5.69 Å². The number of thioether (sulfide) groups is 1. The molecule has 2 N–H and O–H groups in total. The lowest BCUT2D eigenvalue weighted by Gasteiger charge is -2.11. The highest BCUT2D eigenvalue weighted by atomic mass is 32.2. The summed E-state index contributed by atoms with van der Waals surface area (Å²) in [4.78, 5) is 15.2. The molecule has 0 aliphatic carbocycles. The molecule has 1 atom stereocenters. The zero-order valence-corrected chi connectivity index (χ0v) is 10.6. The Kier molecular flexibility index (Phi) is 4.67. The minimum atomic E-state index is -0.492. The molecule has 0 aromatic carbocycles. The normalized spacial score (nSPS) is 12.4. The summed E-state index contributed by atoms with van der Waals surface area (Å²) < 4.78 is 6.37. The Hall–Kier alpha value is -1.17. The van der Waals surface area contributed by atoms with Crippen molar-refractivity contribution in [1.29, 1.82) is 0 Å². The van der Waals surface area contributed by atoms with Gasteiger partial charge < -0.3 is 15.0 Å². The largest absolute Gasteiger partial charge is 0.464 e. The molecule has 1 rings (SSSR count). The number of methoxy groups -OCH3 is 1. The number of carbonyl (C=O) groups excluding carboxylic acids is 1. The number of nitrogens with two attached hydrogens (primary N) is 1. The lowest BCUT2D eigenvalue weighted by molar-refractivity contribution is 0.0596. The van der Waals surface area contributed by atoms with Crippen LogP contribution in [0.3, 0.4) is 0 Å². The molecule has 0 aliphatic heterocycles. The highest BCUT2D eigenvalue weighted by molar-refractivity contribution is 7.98. The first-order valence-electron chi connectivity index (χ1n) is 4.98. The van der Waals surface area contributed by atoms with E-state index in [4.69, 9.17) is 5.73 Å². The zero-order chi connectivity index (χ0) is 12.1. The fourth-order valence-electron chi connectivity index (χ4n) is 1.46. The van der Waals surface area contributed by atoms with E-state index >= 15 is 0 Å². The van der Waals surface area contributed by atoms with Gasteiger partial charge in [-0.05, 0) is 17.9 Å². The van der Waals surface area contributed by atoms with Gasteiger partial charge in [-0.25, -0.2) is 9.78 Å². The number of nitrogens with zero attached hydrogens (tertiary/aromatic N) is 2. The van der Waals surface area contributed by atoms with Crippen molar-refractivity contribution in [3.8, 4) is 0 Å². The summed E-state index contributed by atoms with van der Waals surface area (Å²) in [6.07, 6.45) is 3.64. The third-order valence-electron chi connectivity index (χ3n) is 2.22. The van der Waals surface area contributed by atoms with E-state index in [1.54, 1.807) is 22.7 Å². The number of rotatable bonds is 5. The molecule has 0 saturated carbocycles. The predicted molar refractivity (Wildman–Crippen MR) is 65.5 cm³/mol. The van der Waals surface area contributed by atoms with Gasteiger partial charge in [-0.1, -0.05) is 6.92 Å². The van der Waals surface area contributed by atoms with Crippen molar-refractivity contribution in [3.05, 3.63) is 12.0 Å². The van der Waals surface area contributed by atoms with E-state index in [-0.39, 0.29) is 5.69 Å². The van der Waals surface area contributed by atoms with Gasteiger partial charge in [-0.2, -0.15) is 11.8 Å². The molecule has 0 radical (unpaired) electrons. The summed E-state index contributed by atoms with van der Waals surface area (Å²) in [6.45, 7) is 2.89. The topological polar surface area (TPSA) is 70.1 Å². The van der Waals surface area contributed by atoms with Crippen molar-refractivity contribution in [1.82, 2.24) is 9.55 Å². The van der Waals surface area contributed by atoms with Crippen molar-refractivity contribution in [3.63, 3.8) is 0 Å². The van der Waals surface area contributed by atoms with Crippen molar-refractivity contribution < 1.29 is 9.53 Å². The lowest BCUT2D eigenvalue weighted by Crippen LogP contribution is -2.13. The van der Waals surface area contributed by atoms with Crippen LogP contribution < -0.4 is 5.73 Å². The smallest absolute Gasteiger partial charge is 0.360 e. The lowest BCUT2D eigenvalue weighted by atomic mass is 10.2. The number of anilines is 1. The van der Waals surface area contributed by atoms with Gasteiger partial charge >= 0.3 is 5.97 Å². The summed E-state index contributed by atoms with van der Waals surface area (Å²) in [5.74, 6) is 1.41. The van der Waals surface area contributed by atoms with Crippen LogP contribution in [-0.2, 0) is 11.3 Å². The minimum absolute atomic E-state index is 0.193. The molecule has 16 heavy (non-hydrogen) atoms. The average molecular weight is 243 g/mol. The first-order valence-corrected chi connectivity index (χ1v) is 6.37. The summed E-state index contributed by atoms with van der Waals surface area (Å²) in [5, 5.41) is 0. The van der Waals surface area contributed by atoms with E-state index in [1.807, 2.05) is 0 Å². The molecule has 1 unspecified atom stereocenters. The molecule has 1 aromatic rings. The number of imidazole rings is 1. The molecule has 90 valence electrons. The molecule has 1 heterocycles. The first-order chi connectivity index (χ1) is 7.60. The van der Waals surface area contributed by atoms with Crippen LogP contribution in [0.5, 0.6) is 0 Å². The van der Waals surface area contributed by atoms with Crippen molar-refractivity contribution >= 4 is 23.5 Å². The second kappa shape index (κ2) is 5.79. The fourth-order valence-corrected chi connectivity index (χ4v) is 2.14. The zero-order valence-electron chi connectivity index (χ0n) is 9.77. The van der Waals surface area contributed by atoms with E-state index in [2.05, 4.69) is 22.9 Å². The van der Waals surface area contributed by atoms with Crippen molar-refractivity contribution in [2.75, 3.05) is 24.9 Å². The van der Waals surface area contributed by atoms with E-state index in [0.29, 0.717) is 11.7 Å². The molecule has 6 heteroatoms. The Morgan fingerprint density at radius 1 is 1.75 bits per heavy atom. The SMILES string of the molecule is COC(=O)c1ncn(CC(C)CSC)c1N. The van der Waals surface area contributed by atoms with Gasteiger partial charge in [0.05, 0.1) is 13.4 Å². The maximum absolute atomic E-state index is 11.3. The maximum atomic E-state index is 11.3. The molecule has 5 nitrogen and oxygen atoms in total. The summed E-state index contributed by atoms with van der Waals surface area (Å²) in [6, 6.07) is 0. The summed E-state index contributed by atoms with van der Waals surface area (Å²) in [5.41, 5.74) is 6.01. The van der Waals surface area contributed by atoms with Crippen LogP contribution in [0.4, 0.5) is 5.82 Å². The first kappa shape index (κ1) is 12.9. The van der Waals surface area contributed by atoms with Gasteiger partial charge in [0, 0.05) is 6.54 Å². The summed E-state index contributed by atoms with van der Waals surface area (Å²) >= 11 is 1.79. The number of carbonyl (C=O) groups is 1. The molecule has 1 aromatic heterocycles. The molecule has 0 saturated heterocycles. The van der Waals surface area contributed by atoms with Crippen LogP contribution in [0, 0.1) is 5.92 Å². The number of nitrogen functional groups attached to an aromatic ring is 1. The Labute approximate surface area is 99.4 Å². The molecule has 0 amide bonds. The van der Waals surface area contributed by atoms with E-state index < -0.39 is 5.97 Å². The minimum Gasteiger partial charge on any atom is -0.464 e. The van der Waals surface area contributed by atoms with Crippen LogP contribution >= 0.6 is 11.8 Å². The average Bonchev–Trinajstić information content (AvgIpc) is 2.60. The predicted octanol–water partition coefficient (Wildman–Crippen LogP) is 1.25. The molecular weight excluding hydrogens is 226 g/mol. The number of esters is 1. The number of hydrogen-bond donors (Lipinski definition) is 1. The van der Waals surface area contributed by atoms with Gasteiger partial charge in [-0.15, -0.1) is 0 Å². The number of hydrogen-bond acceptors (Lipinski definition) is 5. The highest BCUT2D eigenvalue weighted by Crippen LogP contribution is 2.15. The van der Waals surface area contributed by atoms with Gasteiger partial charge in [0.1, 0.15) is 5.82 Å². The van der Waals surface area contributed by atoms with Gasteiger partial charge in [0.25, 0.3) is 0 Å². The van der Waals surface area contributed by atoms with Crippen LogP contribution in [0.25, 0.3) is 0 Å². The Balaban J connectivity index is 2.76. The highest BCUT2D eigenvalue weighted by Gasteiger charge is 2.16. The van der Waals surface area contributed by atoms with Crippen LogP contribution in [0.1, 0.15) is 17.4 Å². The molecule has 0 bridgehead atoms. The van der Waals surface area contributed by atoms with Crippen LogP contribution in [-0.4, -0.2) is 34.6 Å². The third kappa shape index (κ3) is 2.91. The van der Waals surface area contributed by atoms with E-state index in [9.17, 15) is 4.79 Å². The molecule has 0 fully saturated rings. The maximum Gasteiger partial charge on any atom is 0.360 e. The van der Waals surface area contributed by atoms with Crippen LogP contribution in [0.2, 0.25) is 0 Å². The second-order valence-electron chi connectivity index (χ2n) is 3.68. The number of ether oxygens (including phenoxy) is 1. The van der Waals surface area contributed by atoms with Crippen molar-refractivity contribution in [2.24, 2.45) is 5.92 Å². The Bertz CT molecular complexity index is 365. The Morgan fingerprint density at radius 2 is 2.44 bits per heavy atom. The standard InChI is InChI=1S/C10H17N3O2S/c1-7(5-16-3)4-13-6-12-8(9(13)11)10(14)15-2/h6-7H,4-5,11H2,1-3H3. The quantitative estimate of drug-likeness (QED) is 0.788. The molecular formula is C10H17N3O2S. The fraction of sp³-hybridized carbons (Fsp3) is 0.600. The second-order valence-corrected chi connectivity index (χ2v) is 4.59. The Morgan fingerprint density at radius 3 is 3.00 bits per heavy atom. The van der Waals surface area contributed by atoms with E-state index in [0.717, 1.165) is 12.3 Å². The van der Waals surface area contributed by atoms with E-state index in [1.165, 1.54) is 7.11 Å². The van der Waals surface area contributed by atoms with Crippen LogP contribution in [0.15, 0.2) is 6.33 Å². The van der Waals surface area contributed by atoms with Gasteiger partial charge in [0.2, 0.25) is 0 Å². The monoisotopic (exact) mass is 243 g/mol. The third-order valence-corrected chi connectivity index (χ3v) is 3.12. The molecule has 0 spiro atoms. The summed E-state index contributed by atoms with van der Waals surface area (Å²) in [7, 11) is 1.32. The van der Waals surface area contributed by atoms with Crippen molar-refractivity contribution in [2.45, 2.75) is 13.5 Å². The molecule has 0 aliphatic rings.